The lowest BCUT2D eigenvalue weighted by Crippen LogP contribution is -1.48. The van der Waals surface area contributed by atoms with Crippen molar-refractivity contribution in [3.8, 4) is 0 Å². The standard InChI is InChI=1S/CH3BFN/c2-4-1-3/h1H,2H2/b4-1+. The largest absolute Gasteiger partial charge is 0.334 e. The summed E-state index contributed by atoms with van der Waals surface area (Å²) >= 11 is 0. The highest BCUT2D eigenvalue weighted by Crippen LogP contribution is 1.43. The SMILES string of the molecule is B/N=C/F. The van der Waals surface area contributed by atoms with E-state index >= 15 is 0 Å². The van der Waals surface area contributed by atoms with E-state index in [4.69, 9.17) is 0 Å². The van der Waals surface area contributed by atoms with Crippen molar-refractivity contribution in [2.45, 2.75) is 0 Å². The van der Waals surface area contributed by atoms with Crippen LogP contribution in [0.15, 0.2) is 4.90 Å². The average Bonchev–Trinajstić information content (AvgIpc) is 1.37. The minimum Gasteiger partial charge on any atom is -0.334 e. The lowest BCUT2D eigenvalue weighted by atomic mass is 10.5. The Kier molecular flexibility index (Phi) is 2.44. The van der Waals surface area contributed by atoms with E-state index in [1.807, 2.05) is 0 Å². The lowest BCUT2D eigenvalue weighted by Gasteiger charge is -1.49. The van der Waals surface area contributed by atoms with E-state index in [-0.39, 0.29) is 6.47 Å². The molecule has 0 radical (unpaired) electrons. The Hall–Kier alpha value is -0.335. The Labute approximate surface area is 25.0 Å². The maximum atomic E-state index is 10.4. The second-order valence-electron chi connectivity index (χ2n) is 0.356. The van der Waals surface area contributed by atoms with Gasteiger partial charge in [-0.15, -0.1) is 0 Å². The molecule has 0 aromatic rings. The van der Waals surface area contributed by atoms with Gasteiger partial charge >= 0.3 is 0 Å². The van der Waals surface area contributed by atoms with Crippen molar-refractivity contribution < 1.29 is 4.39 Å². The van der Waals surface area contributed by atoms with Crippen molar-refractivity contribution in [2.24, 2.45) is 4.90 Å². The normalized spacial score (nSPS) is 9.25. The quantitative estimate of drug-likeness (QED) is 0.264. The lowest BCUT2D eigenvalue weighted by molar-refractivity contribution is 0.845. The highest BCUT2D eigenvalue weighted by Gasteiger charge is 1.39. The summed E-state index contributed by atoms with van der Waals surface area (Å²) in [5.41, 5.74) is 0. The summed E-state index contributed by atoms with van der Waals surface area (Å²) in [6, 6.07) is 0. The first-order chi connectivity index (χ1) is 1.91. The molecule has 0 heterocycles. The van der Waals surface area contributed by atoms with Gasteiger partial charge < -0.3 is 4.90 Å². The van der Waals surface area contributed by atoms with E-state index in [0.717, 1.165) is 0 Å². The third-order valence-corrected chi connectivity index (χ3v) is 0.0976. The first kappa shape index (κ1) is 3.66. The van der Waals surface area contributed by atoms with Crippen molar-refractivity contribution in [2.75, 3.05) is 0 Å². The van der Waals surface area contributed by atoms with E-state index < -0.39 is 0 Å². The van der Waals surface area contributed by atoms with E-state index in [9.17, 15) is 4.39 Å². The van der Waals surface area contributed by atoms with Crippen LogP contribution in [0.5, 0.6) is 0 Å². The maximum absolute atomic E-state index is 10.4. The molecule has 0 unspecified atom stereocenters. The first-order valence-electron chi connectivity index (χ1n) is 0.924. The van der Waals surface area contributed by atoms with Crippen LogP contribution < -0.4 is 0 Å². The Morgan fingerprint density at radius 3 is 2.25 bits per heavy atom. The predicted octanol–water partition coefficient (Wildman–Crippen LogP) is -0.468. The van der Waals surface area contributed by atoms with Gasteiger partial charge in [0.2, 0.25) is 7.98 Å². The van der Waals surface area contributed by atoms with Gasteiger partial charge in [0.25, 0.3) is 0 Å². The fraction of sp³-hybridized carbons (Fsp3) is 0. The second-order valence-corrected chi connectivity index (χ2v) is 0.356. The molecule has 22 valence electrons. The second kappa shape index (κ2) is 2.66. The maximum Gasteiger partial charge on any atom is 0.247 e. The fourth-order valence-electron chi connectivity index (χ4n) is 0. The Morgan fingerprint density at radius 1 is 2.00 bits per heavy atom. The van der Waals surface area contributed by atoms with Crippen LogP contribution in [0.2, 0.25) is 0 Å². The zero-order chi connectivity index (χ0) is 3.41. The fourth-order valence-corrected chi connectivity index (χ4v) is 0. The molecule has 3 heteroatoms. The minimum absolute atomic E-state index is 0.250. The van der Waals surface area contributed by atoms with Crippen molar-refractivity contribution in [3.63, 3.8) is 0 Å². The molecule has 0 aliphatic heterocycles. The van der Waals surface area contributed by atoms with E-state index in [2.05, 4.69) is 4.90 Å². The minimum atomic E-state index is 0.250. The summed E-state index contributed by atoms with van der Waals surface area (Å²) in [7, 11) is 1.38. The molecule has 0 aromatic heterocycles. The zero-order valence-electron chi connectivity index (χ0n) is 2.40. The molecule has 0 saturated carbocycles. The van der Waals surface area contributed by atoms with Crippen LogP contribution in [0.1, 0.15) is 0 Å². The van der Waals surface area contributed by atoms with Gasteiger partial charge in [0.05, 0.1) is 0 Å². The zero-order valence-corrected chi connectivity index (χ0v) is 2.40. The van der Waals surface area contributed by atoms with Crippen molar-refractivity contribution in [1.82, 2.24) is 0 Å². The van der Waals surface area contributed by atoms with E-state index in [1.54, 1.807) is 0 Å². The average molecular weight is 58.9 g/mol. The highest BCUT2D eigenvalue weighted by molar-refractivity contribution is 6.08. The summed E-state index contributed by atoms with van der Waals surface area (Å²) in [4.78, 5) is 2.94. The molecular weight excluding hydrogens is 55.8 g/mol. The van der Waals surface area contributed by atoms with Crippen LogP contribution >= 0.6 is 0 Å². The number of hydrogen-bond donors (Lipinski definition) is 0. The Morgan fingerprint density at radius 2 is 2.25 bits per heavy atom. The van der Waals surface area contributed by atoms with Gasteiger partial charge in [-0.05, 0) is 0 Å². The van der Waals surface area contributed by atoms with Crippen molar-refractivity contribution in [1.29, 1.82) is 0 Å². The Balaban J connectivity index is 2.55. The van der Waals surface area contributed by atoms with Crippen LogP contribution in [0.4, 0.5) is 4.39 Å². The third kappa shape index (κ3) is 1.66. The van der Waals surface area contributed by atoms with Crippen LogP contribution in [0.3, 0.4) is 0 Å². The molecule has 4 heavy (non-hydrogen) atoms. The molecule has 0 aromatic carbocycles. The summed E-state index contributed by atoms with van der Waals surface area (Å²) < 4.78 is 10.4. The predicted molar refractivity (Wildman–Crippen MR) is 18.1 cm³/mol. The van der Waals surface area contributed by atoms with Crippen LogP contribution in [-0.2, 0) is 0 Å². The molecule has 1 nitrogen and oxygen atoms in total. The molecule has 0 amide bonds. The van der Waals surface area contributed by atoms with Gasteiger partial charge in [0.15, 0.2) is 6.47 Å². The van der Waals surface area contributed by atoms with E-state index in [1.165, 1.54) is 7.98 Å². The summed E-state index contributed by atoms with van der Waals surface area (Å²) in [5.74, 6) is 0. The molecule has 0 bridgehead atoms. The van der Waals surface area contributed by atoms with Crippen LogP contribution in [-0.4, -0.2) is 14.4 Å². The Bertz CT molecular complexity index is 23.2. The summed E-state index contributed by atoms with van der Waals surface area (Å²) in [6.45, 7) is 0.250. The molecule has 0 spiro atoms. The van der Waals surface area contributed by atoms with Gasteiger partial charge in [-0.25, -0.2) is 0 Å². The number of hydrogen-bond acceptors (Lipinski definition) is 1. The molecular formula is CH3BFN. The smallest absolute Gasteiger partial charge is 0.247 e. The van der Waals surface area contributed by atoms with Gasteiger partial charge in [-0.3, -0.25) is 0 Å². The third-order valence-electron chi connectivity index (χ3n) is 0.0976. The summed E-state index contributed by atoms with van der Waals surface area (Å²) in [6.07, 6.45) is 0. The molecule has 0 atom stereocenters. The van der Waals surface area contributed by atoms with Crippen LogP contribution in [0.25, 0.3) is 0 Å². The number of halogens is 1. The van der Waals surface area contributed by atoms with Gasteiger partial charge in [-0.1, -0.05) is 0 Å². The van der Waals surface area contributed by atoms with Gasteiger partial charge in [0, 0.05) is 0 Å². The first-order valence-corrected chi connectivity index (χ1v) is 0.924. The molecule has 0 aliphatic carbocycles. The molecule has 0 N–H and O–H groups in total. The van der Waals surface area contributed by atoms with Crippen molar-refractivity contribution >= 4 is 14.4 Å². The summed E-state index contributed by atoms with van der Waals surface area (Å²) in [5, 5.41) is 0. The highest BCUT2D eigenvalue weighted by atomic mass is 19.1. The number of nitrogens with zero attached hydrogens (tertiary/aromatic N) is 1. The molecule has 0 aliphatic rings. The molecule has 0 saturated heterocycles. The molecule has 0 fully saturated rings. The van der Waals surface area contributed by atoms with E-state index in [0.29, 0.717) is 0 Å². The molecule has 0 rings (SSSR count). The number of rotatable bonds is 0. The van der Waals surface area contributed by atoms with Crippen LogP contribution in [0, 0.1) is 0 Å². The van der Waals surface area contributed by atoms with Gasteiger partial charge in [0.1, 0.15) is 0 Å². The van der Waals surface area contributed by atoms with Crippen molar-refractivity contribution in [3.05, 3.63) is 0 Å². The van der Waals surface area contributed by atoms with Gasteiger partial charge in [-0.2, -0.15) is 4.39 Å². The topological polar surface area (TPSA) is 12.4 Å². The monoisotopic (exact) mass is 59.0 g/mol.